The topological polar surface area (TPSA) is 84.5 Å². The number of carbonyl (C=O) groups is 1. The average Bonchev–Trinajstić information content (AvgIpc) is 3.40. The van der Waals surface area contributed by atoms with Gasteiger partial charge in [-0.25, -0.2) is 13.1 Å². The fourth-order valence-electron chi connectivity index (χ4n) is 2.45. The molecular weight excluding hydrogens is 388 g/mol. The van der Waals surface area contributed by atoms with E-state index >= 15 is 0 Å². The number of halogens is 1. The van der Waals surface area contributed by atoms with Crippen molar-refractivity contribution in [1.29, 1.82) is 0 Å². The van der Waals surface area contributed by atoms with E-state index in [1.54, 1.807) is 25.1 Å². The van der Waals surface area contributed by atoms with Gasteiger partial charge in [0.05, 0.1) is 4.90 Å². The van der Waals surface area contributed by atoms with Crippen molar-refractivity contribution in [3.05, 3.63) is 52.5 Å². The maximum atomic E-state index is 12.2. The smallest absolute Gasteiger partial charge is 0.262 e. The molecule has 144 valence electrons. The molecule has 1 aliphatic rings. The lowest BCUT2D eigenvalue weighted by molar-refractivity contribution is -0.118. The Balaban J connectivity index is 1.60. The number of ether oxygens (including phenoxy) is 1. The van der Waals surface area contributed by atoms with E-state index in [-0.39, 0.29) is 23.5 Å². The van der Waals surface area contributed by atoms with Gasteiger partial charge in [0.2, 0.25) is 10.0 Å². The zero-order valence-corrected chi connectivity index (χ0v) is 16.7. The number of benzene rings is 2. The van der Waals surface area contributed by atoms with E-state index in [0.717, 1.165) is 18.4 Å². The molecule has 0 saturated heterocycles. The molecule has 0 atom stereocenters. The monoisotopic (exact) mass is 408 g/mol. The summed E-state index contributed by atoms with van der Waals surface area (Å²) in [7, 11) is -3.51. The molecule has 0 spiro atoms. The Hall–Kier alpha value is -2.09. The van der Waals surface area contributed by atoms with Gasteiger partial charge in [-0.2, -0.15) is 0 Å². The largest absolute Gasteiger partial charge is 0.483 e. The highest BCUT2D eigenvalue weighted by Gasteiger charge is 2.28. The number of sulfonamides is 1. The molecule has 6 nitrogen and oxygen atoms in total. The highest BCUT2D eigenvalue weighted by molar-refractivity contribution is 7.89. The molecule has 2 N–H and O–H groups in total. The second kappa shape index (κ2) is 7.88. The maximum Gasteiger partial charge on any atom is 0.262 e. The number of amides is 1. The molecule has 27 heavy (non-hydrogen) atoms. The lowest BCUT2D eigenvalue weighted by Crippen LogP contribution is -2.25. The summed E-state index contributed by atoms with van der Waals surface area (Å²) in [5, 5.41) is 3.28. The van der Waals surface area contributed by atoms with Crippen molar-refractivity contribution in [3.63, 3.8) is 0 Å². The standard InChI is InChI=1S/C19H21ClN2O4S/c1-12-3-4-15(10-17(12)20)21-19(23)11-26-18-8-7-16(9-13(18)2)27(24,25)22-14-5-6-14/h3-4,7-10,14,22H,5-6,11H2,1-2H3,(H,21,23). The second-order valence-corrected chi connectivity index (χ2v) is 8.74. The van der Waals surface area contributed by atoms with E-state index in [1.165, 1.54) is 12.1 Å². The number of carbonyl (C=O) groups excluding carboxylic acids is 1. The van der Waals surface area contributed by atoms with Crippen LogP contribution in [0.15, 0.2) is 41.3 Å². The van der Waals surface area contributed by atoms with E-state index in [9.17, 15) is 13.2 Å². The van der Waals surface area contributed by atoms with Gasteiger partial charge in [0.25, 0.3) is 5.91 Å². The molecule has 0 radical (unpaired) electrons. The average molecular weight is 409 g/mol. The number of hydrogen-bond donors (Lipinski definition) is 2. The zero-order valence-electron chi connectivity index (χ0n) is 15.1. The van der Waals surface area contributed by atoms with Gasteiger partial charge in [-0.3, -0.25) is 4.79 Å². The van der Waals surface area contributed by atoms with Crippen LogP contribution < -0.4 is 14.8 Å². The predicted molar refractivity (Wildman–Crippen MR) is 105 cm³/mol. The molecule has 0 heterocycles. The Morgan fingerprint density at radius 1 is 1.15 bits per heavy atom. The molecule has 3 rings (SSSR count). The molecular formula is C19H21ClN2O4S. The first kappa shape index (κ1) is 19.7. The van der Waals surface area contributed by atoms with Crippen molar-refractivity contribution in [2.45, 2.75) is 37.6 Å². The lowest BCUT2D eigenvalue weighted by Gasteiger charge is -2.12. The first-order chi connectivity index (χ1) is 12.7. The Kier molecular flexibility index (Phi) is 5.74. The normalized spacial score (nSPS) is 14.0. The van der Waals surface area contributed by atoms with Crippen molar-refractivity contribution >= 4 is 33.2 Å². The summed E-state index contributed by atoms with van der Waals surface area (Å²) in [6, 6.07) is 9.88. The van der Waals surface area contributed by atoms with Crippen LogP contribution in [0.25, 0.3) is 0 Å². The Labute approximate surface area is 163 Å². The van der Waals surface area contributed by atoms with Crippen LogP contribution in [0, 0.1) is 13.8 Å². The van der Waals surface area contributed by atoms with Crippen LogP contribution in [0.1, 0.15) is 24.0 Å². The SMILES string of the molecule is Cc1ccc(NC(=O)COc2ccc(S(=O)(=O)NC3CC3)cc2C)cc1Cl. The molecule has 2 aromatic rings. The highest BCUT2D eigenvalue weighted by Crippen LogP contribution is 2.25. The van der Waals surface area contributed by atoms with E-state index in [1.807, 2.05) is 13.0 Å². The first-order valence-electron chi connectivity index (χ1n) is 8.56. The van der Waals surface area contributed by atoms with Gasteiger partial charge in [0.1, 0.15) is 5.75 Å². The molecule has 0 aliphatic heterocycles. The predicted octanol–water partition coefficient (Wildman–Crippen LogP) is 3.42. The Morgan fingerprint density at radius 3 is 2.52 bits per heavy atom. The van der Waals surface area contributed by atoms with Crippen molar-refractivity contribution in [2.75, 3.05) is 11.9 Å². The van der Waals surface area contributed by atoms with E-state index < -0.39 is 10.0 Å². The van der Waals surface area contributed by atoms with Gasteiger partial charge in [-0.1, -0.05) is 17.7 Å². The molecule has 0 bridgehead atoms. The second-order valence-electron chi connectivity index (χ2n) is 6.62. The Bertz CT molecular complexity index is 972. The van der Waals surface area contributed by atoms with E-state index in [2.05, 4.69) is 10.0 Å². The van der Waals surface area contributed by atoms with Gasteiger partial charge >= 0.3 is 0 Å². The van der Waals surface area contributed by atoms with E-state index in [4.69, 9.17) is 16.3 Å². The van der Waals surface area contributed by atoms with Crippen molar-refractivity contribution in [3.8, 4) is 5.75 Å². The molecule has 0 unspecified atom stereocenters. The van der Waals surface area contributed by atoms with Crippen LogP contribution in [0.3, 0.4) is 0 Å². The van der Waals surface area contributed by atoms with Gasteiger partial charge in [0, 0.05) is 16.8 Å². The van der Waals surface area contributed by atoms with Crippen molar-refractivity contribution in [1.82, 2.24) is 4.72 Å². The minimum Gasteiger partial charge on any atom is -0.483 e. The van der Waals surface area contributed by atoms with Crippen molar-refractivity contribution < 1.29 is 17.9 Å². The van der Waals surface area contributed by atoms with Gasteiger partial charge in [-0.05, 0) is 68.1 Å². The van der Waals surface area contributed by atoms with E-state index in [0.29, 0.717) is 22.0 Å². The minimum absolute atomic E-state index is 0.0465. The summed E-state index contributed by atoms with van der Waals surface area (Å²) < 4.78 is 32.6. The van der Waals surface area contributed by atoms with Crippen LogP contribution in [0.5, 0.6) is 5.75 Å². The number of hydrogen-bond acceptors (Lipinski definition) is 4. The molecule has 8 heteroatoms. The van der Waals surface area contributed by atoms with Gasteiger partial charge < -0.3 is 10.1 Å². The molecule has 1 aliphatic carbocycles. The zero-order chi connectivity index (χ0) is 19.6. The summed E-state index contributed by atoms with van der Waals surface area (Å²) in [6.07, 6.45) is 1.75. The fourth-order valence-corrected chi connectivity index (χ4v) is 4.02. The van der Waals surface area contributed by atoms with Crippen molar-refractivity contribution in [2.24, 2.45) is 0 Å². The molecule has 2 aromatic carbocycles. The molecule has 1 amide bonds. The molecule has 0 aromatic heterocycles. The number of aryl methyl sites for hydroxylation is 2. The van der Waals surface area contributed by atoms with Gasteiger partial charge in [0.15, 0.2) is 6.61 Å². The van der Waals surface area contributed by atoms with Crippen LogP contribution in [0.2, 0.25) is 5.02 Å². The minimum atomic E-state index is -3.51. The fraction of sp³-hybridized carbons (Fsp3) is 0.316. The Morgan fingerprint density at radius 2 is 1.89 bits per heavy atom. The third-order valence-electron chi connectivity index (χ3n) is 4.17. The maximum absolute atomic E-state index is 12.2. The van der Waals surface area contributed by atoms with Crippen LogP contribution in [-0.4, -0.2) is 27.0 Å². The molecule has 1 saturated carbocycles. The lowest BCUT2D eigenvalue weighted by atomic mass is 10.2. The quantitative estimate of drug-likeness (QED) is 0.735. The summed E-state index contributed by atoms with van der Waals surface area (Å²) in [5.41, 5.74) is 2.15. The summed E-state index contributed by atoms with van der Waals surface area (Å²) >= 11 is 6.04. The molecule has 1 fully saturated rings. The summed E-state index contributed by atoms with van der Waals surface area (Å²) in [4.78, 5) is 12.3. The summed E-state index contributed by atoms with van der Waals surface area (Å²) in [6.45, 7) is 3.42. The number of nitrogens with one attached hydrogen (secondary N) is 2. The third-order valence-corrected chi connectivity index (χ3v) is 6.10. The van der Waals surface area contributed by atoms with Gasteiger partial charge in [-0.15, -0.1) is 0 Å². The third kappa shape index (κ3) is 5.22. The number of anilines is 1. The number of rotatable bonds is 7. The van der Waals surface area contributed by atoms with Crippen LogP contribution >= 0.6 is 11.6 Å². The van der Waals surface area contributed by atoms with Crippen LogP contribution in [-0.2, 0) is 14.8 Å². The first-order valence-corrected chi connectivity index (χ1v) is 10.4. The highest BCUT2D eigenvalue weighted by atomic mass is 35.5. The van der Waals surface area contributed by atoms with Crippen LogP contribution in [0.4, 0.5) is 5.69 Å². The summed E-state index contributed by atoms with van der Waals surface area (Å²) in [5.74, 6) is 0.124.